The maximum Gasteiger partial charge on any atom is 0.237 e. The number of aryl methyl sites for hydroxylation is 2. The van der Waals surface area contributed by atoms with Gasteiger partial charge in [-0.2, -0.15) is 0 Å². The third-order valence-electron chi connectivity index (χ3n) is 3.88. The van der Waals surface area contributed by atoms with Crippen LogP contribution in [0.2, 0.25) is 0 Å². The highest BCUT2D eigenvalue weighted by Gasteiger charge is 2.18. The van der Waals surface area contributed by atoms with Gasteiger partial charge >= 0.3 is 0 Å². The van der Waals surface area contributed by atoms with E-state index in [9.17, 15) is 4.79 Å². The predicted octanol–water partition coefficient (Wildman–Crippen LogP) is 2.34. The number of nitrogens with two attached hydrogens (primary N) is 1. The predicted molar refractivity (Wildman–Crippen MR) is 80.1 cm³/mol. The number of amides is 1. The summed E-state index contributed by atoms with van der Waals surface area (Å²) in [7, 11) is 0. The lowest BCUT2D eigenvalue weighted by molar-refractivity contribution is -0.123. The second-order valence-corrected chi connectivity index (χ2v) is 5.32. The number of nitrogens with one attached hydrogen (secondary N) is 1. The molecule has 1 amide bonds. The molecule has 0 spiro atoms. The van der Waals surface area contributed by atoms with Gasteiger partial charge in [-0.1, -0.05) is 38.5 Å². The van der Waals surface area contributed by atoms with E-state index >= 15 is 0 Å². The lowest BCUT2D eigenvalue weighted by Crippen LogP contribution is -2.45. The molecule has 0 aliphatic rings. The fourth-order valence-electron chi connectivity index (χ4n) is 2.18. The van der Waals surface area contributed by atoms with Crippen molar-refractivity contribution in [1.29, 1.82) is 0 Å². The van der Waals surface area contributed by atoms with Gasteiger partial charge in [-0.3, -0.25) is 4.79 Å². The van der Waals surface area contributed by atoms with Gasteiger partial charge in [-0.05, 0) is 42.9 Å². The summed E-state index contributed by atoms with van der Waals surface area (Å²) in [5.41, 5.74) is 9.77. The highest BCUT2D eigenvalue weighted by atomic mass is 16.2. The molecule has 1 aromatic rings. The zero-order valence-electron chi connectivity index (χ0n) is 12.5. The molecule has 0 heterocycles. The number of hydrogen-bond donors (Lipinski definition) is 2. The van der Waals surface area contributed by atoms with Crippen LogP contribution in [0.4, 0.5) is 0 Å². The molecule has 0 saturated carbocycles. The van der Waals surface area contributed by atoms with E-state index in [0.717, 1.165) is 12.8 Å². The van der Waals surface area contributed by atoms with Crippen molar-refractivity contribution in [2.24, 2.45) is 11.7 Å². The van der Waals surface area contributed by atoms with Crippen LogP contribution >= 0.6 is 0 Å². The first kappa shape index (κ1) is 15.7. The Bertz CT molecular complexity index is 409. The highest BCUT2D eigenvalue weighted by molar-refractivity contribution is 5.81. The van der Waals surface area contributed by atoms with Crippen LogP contribution in [-0.4, -0.2) is 18.5 Å². The van der Waals surface area contributed by atoms with Gasteiger partial charge < -0.3 is 11.1 Å². The summed E-state index contributed by atoms with van der Waals surface area (Å²) in [6, 6.07) is 5.87. The van der Waals surface area contributed by atoms with Crippen molar-refractivity contribution >= 4 is 5.91 Å². The van der Waals surface area contributed by atoms with Gasteiger partial charge in [-0.15, -0.1) is 0 Å². The lowest BCUT2D eigenvalue weighted by atomic mass is 9.98. The minimum absolute atomic E-state index is 0.0411. The standard InChI is InChI=1S/C16H26N2O/c1-5-11(2)15(17)16(19)18-10-9-14-12(3)7-6-8-13(14)4/h6-8,11,15H,5,9-10,17H2,1-4H3,(H,18,19). The molecule has 0 bridgehead atoms. The Labute approximate surface area is 116 Å². The van der Waals surface area contributed by atoms with Gasteiger partial charge in [0.2, 0.25) is 5.91 Å². The largest absolute Gasteiger partial charge is 0.354 e. The summed E-state index contributed by atoms with van der Waals surface area (Å²) in [5, 5.41) is 2.94. The highest BCUT2D eigenvalue weighted by Crippen LogP contribution is 2.13. The Morgan fingerprint density at radius 3 is 2.42 bits per heavy atom. The summed E-state index contributed by atoms with van der Waals surface area (Å²) in [6.45, 7) is 8.92. The van der Waals surface area contributed by atoms with Crippen LogP contribution < -0.4 is 11.1 Å². The monoisotopic (exact) mass is 262 g/mol. The van der Waals surface area contributed by atoms with Crippen molar-refractivity contribution in [3.63, 3.8) is 0 Å². The molecule has 1 rings (SSSR count). The number of benzene rings is 1. The summed E-state index contributed by atoms with van der Waals surface area (Å²) in [6.07, 6.45) is 1.78. The van der Waals surface area contributed by atoms with E-state index in [1.54, 1.807) is 0 Å². The average molecular weight is 262 g/mol. The normalized spacial score (nSPS) is 13.9. The molecule has 2 atom stereocenters. The fraction of sp³-hybridized carbons (Fsp3) is 0.562. The second-order valence-electron chi connectivity index (χ2n) is 5.32. The molecular weight excluding hydrogens is 236 g/mol. The van der Waals surface area contributed by atoms with E-state index in [-0.39, 0.29) is 11.8 Å². The lowest BCUT2D eigenvalue weighted by Gasteiger charge is -2.18. The first-order valence-electron chi connectivity index (χ1n) is 7.05. The first-order chi connectivity index (χ1) is 8.97. The fourth-order valence-corrected chi connectivity index (χ4v) is 2.18. The summed E-state index contributed by atoms with van der Waals surface area (Å²) in [5.74, 6) is 0.181. The Balaban J connectivity index is 2.49. The topological polar surface area (TPSA) is 55.1 Å². The molecule has 0 saturated heterocycles. The van der Waals surface area contributed by atoms with Crippen molar-refractivity contribution in [3.8, 4) is 0 Å². The molecule has 3 N–H and O–H groups in total. The van der Waals surface area contributed by atoms with E-state index in [2.05, 4.69) is 44.3 Å². The molecule has 1 aromatic carbocycles. The van der Waals surface area contributed by atoms with Crippen molar-refractivity contribution in [3.05, 3.63) is 34.9 Å². The third kappa shape index (κ3) is 4.35. The minimum Gasteiger partial charge on any atom is -0.354 e. The van der Waals surface area contributed by atoms with E-state index in [1.165, 1.54) is 16.7 Å². The maximum absolute atomic E-state index is 11.9. The first-order valence-corrected chi connectivity index (χ1v) is 7.05. The van der Waals surface area contributed by atoms with E-state index in [0.29, 0.717) is 6.54 Å². The minimum atomic E-state index is -0.400. The van der Waals surface area contributed by atoms with E-state index in [4.69, 9.17) is 5.73 Å². The molecule has 0 aromatic heterocycles. The number of hydrogen-bond acceptors (Lipinski definition) is 2. The van der Waals surface area contributed by atoms with Crippen molar-refractivity contribution in [2.45, 2.75) is 46.6 Å². The summed E-state index contributed by atoms with van der Waals surface area (Å²) >= 11 is 0. The van der Waals surface area contributed by atoms with Gasteiger partial charge in [0.15, 0.2) is 0 Å². The van der Waals surface area contributed by atoms with Crippen LogP contribution in [0.15, 0.2) is 18.2 Å². The number of carbonyl (C=O) groups excluding carboxylic acids is 1. The Kier molecular flexibility index (Phi) is 6.03. The van der Waals surface area contributed by atoms with Crippen LogP contribution in [0.5, 0.6) is 0 Å². The third-order valence-corrected chi connectivity index (χ3v) is 3.88. The van der Waals surface area contributed by atoms with Crippen molar-refractivity contribution < 1.29 is 4.79 Å². The summed E-state index contributed by atoms with van der Waals surface area (Å²) < 4.78 is 0. The quantitative estimate of drug-likeness (QED) is 0.826. The Morgan fingerprint density at radius 2 is 1.89 bits per heavy atom. The number of rotatable bonds is 6. The average Bonchev–Trinajstić information content (AvgIpc) is 2.40. The molecule has 0 aliphatic carbocycles. The molecular formula is C16H26N2O. The van der Waals surface area contributed by atoms with E-state index in [1.807, 2.05) is 6.92 Å². The molecule has 19 heavy (non-hydrogen) atoms. The van der Waals surface area contributed by atoms with Crippen molar-refractivity contribution in [1.82, 2.24) is 5.32 Å². The molecule has 3 nitrogen and oxygen atoms in total. The second kappa shape index (κ2) is 7.29. The maximum atomic E-state index is 11.9. The molecule has 0 fully saturated rings. The van der Waals surface area contributed by atoms with Gasteiger partial charge in [-0.25, -0.2) is 0 Å². The Morgan fingerprint density at radius 1 is 1.32 bits per heavy atom. The zero-order chi connectivity index (χ0) is 14.4. The van der Waals surface area contributed by atoms with Gasteiger partial charge in [0.1, 0.15) is 0 Å². The molecule has 0 aliphatic heterocycles. The molecule has 3 heteroatoms. The summed E-state index contributed by atoms with van der Waals surface area (Å²) in [4.78, 5) is 11.9. The number of carbonyl (C=O) groups is 1. The van der Waals surface area contributed by atoms with Crippen LogP contribution in [0.1, 0.15) is 37.0 Å². The van der Waals surface area contributed by atoms with Gasteiger partial charge in [0.05, 0.1) is 6.04 Å². The smallest absolute Gasteiger partial charge is 0.237 e. The molecule has 0 radical (unpaired) electrons. The van der Waals surface area contributed by atoms with Crippen LogP contribution in [0.3, 0.4) is 0 Å². The molecule has 106 valence electrons. The van der Waals surface area contributed by atoms with E-state index < -0.39 is 6.04 Å². The Hall–Kier alpha value is -1.35. The van der Waals surface area contributed by atoms with Crippen LogP contribution in [0, 0.1) is 19.8 Å². The zero-order valence-corrected chi connectivity index (χ0v) is 12.5. The van der Waals surface area contributed by atoms with Crippen molar-refractivity contribution in [2.75, 3.05) is 6.54 Å². The van der Waals surface area contributed by atoms with Gasteiger partial charge in [0, 0.05) is 6.54 Å². The SMILES string of the molecule is CCC(C)C(N)C(=O)NCCc1c(C)cccc1C. The van der Waals surface area contributed by atoms with Gasteiger partial charge in [0.25, 0.3) is 0 Å². The van der Waals surface area contributed by atoms with Crippen LogP contribution in [0.25, 0.3) is 0 Å². The van der Waals surface area contributed by atoms with Crippen LogP contribution in [-0.2, 0) is 11.2 Å². The molecule has 2 unspecified atom stereocenters.